The fourth-order valence-corrected chi connectivity index (χ4v) is 3.94. The number of hydrogen-bond donors (Lipinski definition) is 1. The quantitative estimate of drug-likeness (QED) is 0.552. The van der Waals surface area contributed by atoms with Gasteiger partial charge in [0.1, 0.15) is 5.71 Å². The molecule has 0 aliphatic carbocycles. The molecule has 172 valence electrons. The SMILES string of the molecule is CN1CCN(c2ccc(NC(=O)/C(=N/CCc3ccc(C#N)cc3)c3ccccc3)cc2)CC1. The Bertz CT molecular complexity index is 1160. The Kier molecular flexibility index (Phi) is 7.69. The zero-order valence-corrected chi connectivity index (χ0v) is 19.4. The summed E-state index contributed by atoms with van der Waals surface area (Å²) in [7, 11) is 2.15. The lowest BCUT2D eigenvalue weighted by molar-refractivity contribution is -0.110. The van der Waals surface area contributed by atoms with E-state index in [0.29, 0.717) is 24.2 Å². The molecule has 6 nitrogen and oxygen atoms in total. The molecule has 0 radical (unpaired) electrons. The van der Waals surface area contributed by atoms with E-state index in [9.17, 15) is 4.79 Å². The van der Waals surface area contributed by atoms with Crippen molar-refractivity contribution in [3.8, 4) is 6.07 Å². The van der Waals surface area contributed by atoms with Crippen LogP contribution in [0, 0.1) is 11.3 Å². The van der Waals surface area contributed by atoms with E-state index in [2.05, 4.69) is 45.4 Å². The highest BCUT2D eigenvalue weighted by atomic mass is 16.1. The van der Waals surface area contributed by atoms with Crippen LogP contribution in [-0.2, 0) is 11.2 Å². The standard InChI is InChI=1S/C28H29N5O/c1-32-17-19-33(20-18-32)26-13-11-25(12-14-26)31-28(34)27(24-5-3-2-4-6-24)30-16-15-22-7-9-23(21-29)10-8-22/h2-14H,15-20H2,1H3,(H,31,34)/b30-27+. The second-order valence-electron chi connectivity index (χ2n) is 8.45. The van der Waals surface area contributed by atoms with E-state index in [4.69, 9.17) is 5.26 Å². The molecule has 1 aliphatic heterocycles. The first-order valence-electron chi connectivity index (χ1n) is 11.6. The van der Waals surface area contributed by atoms with Crippen molar-refractivity contribution in [1.29, 1.82) is 5.26 Å². The third kappa shape index (κ3) is 6.09. The minimum Gasteiger partial charge on any atom is -0.369 e. The van der Waals surface area contributed by atoms with Gasteiger partial charge in [-0.05, 0) is 55.4 Å². The average Bonchev–Trinajstić information content (AvgIpc) is 2.88. The molecule has 0 atom stereocenters. The van der Waals surface area contributed by atoms with Crippen LogP contribution in [0.25, 0.3) is 0 Å². The molecular formula is C28H29N5O. The summed E-state index contributed by atoms with van der Waals surface area (Å²) < 4.78 is 0. The normalized spacial score (nSPS) is 14.5. The number of benzene rings is 3. The summed E-state index contributed by atoms with van der Waals surface area (Å²) in [6.07, 6.45) is 0.690. The Morgan fingerprint density at radius 1 is 0.941 bits per heavy atom. The van der Waals surface area contributed by atoms with Crippen molar-refractivity contribution >= 4 is 23.0 Å². The maximum absolute atomic E-state index is 13.2. The summed E-state index contributed by atoms with van der Waals surface area (Å²) in [6.45, 7) is 4.60. The molecule has 6 heteroatoms. The van der Waals surface area contributed by atoms with Gasteiger partial charge in [-0.15, -0.1) is 0 Å². The monoisotopic (exact) mass is 451 g/mol. The molecule has 0 unspecified atom stereocenters. The van der Waals surface area contributed by atoms with Crippen LogP contribution >= 0.6 is 0 Å². The molecule has 0 saturated carbocycles. The number of amides is 1. The molecule has 1 saturated heterocycles. The van der Waals surface area contributed by atoms with Crippen molar-refractivity contribution in [1.82, 2.24) is 4.90 Å². The van der Waals surface area contributed by atoms with Crippen LogP contribution in [-0.4, -0.2) is 56.3 Å². The van der Waals surface area contributed by atoms with Gasteiger partial charge >= 0.3 is 0 Å². The lowest BCUT2D eigenvalue weighted by atomic mass is 10.1. The molecular weight excluding hydrogens is 422 g/mol. The molecule has 0 aromatic heterocycles. The van der Waals surface area contributed by atoms with E-state index < -0.39 is 0 Å². The van der Waals surface area contributed by atoms with E-state index >= 15 is 0 Å². The Labute approximate surface area is 201 Å². The van der Waals surface area contributed by atoms with E-state index in [1.807, 2.05) is 54.6 Å². The average molecular weight is 452 g/mol. The number of carbonyl (C=O) groups is 1. The molecule has 1 fully saturated rings. The van der Waals surface area contributed by atoms with Crippen molar-refractivity contribution in [3.63, 3.8) is 0 Å². The molecule has 34 heavy (non-hydrogen) atoms. The van der Waals surface area contributed by atoms with Crippen molar-refractivity contribution in [2.75, 3.05) is 50.0 Å². The number of nitrogens with zero attached hydrogens (tertiary/aromatic N) is 4. The zero-order chi connectivity index (χ0) is 23.8. The van der Waals surface area contributed by atoms with Crippen molar-refractivity contribution in [3.05, 3.63) is 95.6 Å². The van der Waals surface area contributed by atoms with Gasteiger partial charge in [0.2, 0.25) is 0 Å². The summed E-state index contributed by atoms with van der Waals surface area (Å²) in [6, 6.07) is 27.1. The maximum atomic E-state index is 13.2. The van der Waals surface area contributed by atoms with E-state index in [-0.39, 0.29) is 5.91 Å². The first-order valence-corrected chi connectivity index (χ1v) is 11.6. The van der Waals surface area contributed by atoms with E-state index in [1.165, 1.54) is 5.69 Å². The lowest BCUT2D eigenvalue weighted by Crippen LogP contribution is -2.44. The number of aliphatic imine (C=N–C) groups is 1. The fourth-order valence-electron chi connectivity index (χ4n) is 3.94. The number of nitriles is 1. The van der Waals surface area contributed by atoms with Gasteiger partial charge in [0, 0.05) is 49.7 Å². The maximum Gasteiger partial charge on any atom is 0.274 e. The molecule has 1 amide bonds. The van der Waals surface area contributed by atoms with Gasteiger partial charge in [-0.25, -0.2) is 0 Å². The third-order valence-corrected chi connectivity index (χ3v) is 6.01. The Balaban J connectivity index is 1.44. The Morgan fingerprint density at radius 3 is 2.26 bits per heavy atom. The highest BCUT2D eigenvalue weighted by Crippen LogP contribution is 2.19. The number of likely N-dealkylation sites (N-methyl/N-ethyl adjacent to an activating group) is 1. The lowest BCUT2D eigenvalue weighted by Gasteiger charge is -2.34. The molecule has 4 rings (SSSR count). The largest absolute Gasteiger partial charge is 0.369 e. The Morgan fingerprint density at radius 2 is 1.62 bits per heavy atom. The van der Waals surface area contributed by atoms with Gasteiger partial charge < -0.3 is 15.1 Å². The molecule has 1 heterocycles. The first kappa shape index (κ1) is 23.2. The van der Waals surface area contributed by atoms with Crippen LogP contribution in [0.4, 0.5) is 11.4 Å². The van der Waals surface area contributed by atoms with Crippen LogP contribution in [0.15, 0.2) is 83.9 Å². The van der Waals surface area contributed by atoms with Gasteiger partial charge in [0.05, 0.1) is 11.6 Å². The Hall–Kier alpha value is -3.95. The summed E-state index contributed by atoms with van der Waals surface area (Å²) in [5, 5.41) is 12.0. The van der Waals surface area contributed by atoms with E-state index in [0.717, 1.165) is 43.0 Å². The van der Waals surface area contributed by atoms with Crippen LogP contribution in [0.2, 0.25) is 0 Å². The molecule has 0 bridgehead atoms. The van der Waals surface area contributed by atoms with Crippen LogP contribution < -0.4 is 10.2 Å². The number of rotatable bonds is 7. The highest BCUT2D eigenvalue weighted by Gasteiger charge is 2.16. The smallest absolute Gasteiger partial charge is 0.274 e. The minimum absolute atomic E-state index is 0.224. The van der Waals surface area contributed by atoms with Gasteiger partial charge in [-0.2, -0.15) is 5.26 Å². The van der Waals surface area contributed by atoms with Gasteiger partial charge in [0.15, 0.2) is 0 Å². The topological polar surface area (TPSA) is 71.7 Å². The summed E-state index contributed by atoms with van der Waals surface area (Å²) in [5.41, 5.74) is 4.83. The van der Waals surface area contributed by atoms with Gasteiger partial charge in [-0.3, -0.25) is 9.79 Å². The summed E-state index contributed by atoms with van der Waals surface area (Å²) in [4.78, 5) is 22.5. The predicted molar refractivity (Wildman–Crippen MR) is 137 cm³/mol. The van der Waals surface area contributed by atoms with Crippen molar-refractivity contribution in [2.24, 2.45) is 4.99 Å². The highest BCUT2D eigenvalue weighted by molar-refractivity contribution is 6.48. The van der Waals surface area contributed by atoms with Crippen LogP contribution in [0.3, 0.4) is 0 Å². The molecule has 1 N–H and O–H groups in total. The van der Waals surface area contributed by atoms with Crippen molar-refractivity contribution < 1.29 is 4.79 Å². The second kappa shape index (κ2) is 11.3. The minimum atomic E-state index is -0.224. The van der Waals surface area contributed by atoms with E-state index in [1.54, 1.807) is 12.1 Å². The molecule has 3 aromatic rings. The number of hydrogen-bond acceptors (Lipinski definition) is 5. The van der Waals surface area contributed by atoms with Crippen LogP contribution in [0.5, 0.6) is 0 Å². The summed E-state index contributed by atoms with van der Waals surface area (Å²) in [5.74, 6) is -0.224. The van der Waals surface area contributed by atoms with Gasteiger partial charge in [-0.1, -0.05) is 42.5 Å². The molecule has 1 aliphatic rings. The molecule has 3 aromatic carbocycles. The number of piperazine rings is 1. The van der Waals surface area contributed by atoms with Gasteiger partial charge in [0.25, 0.3) is 5.91 Å². The number of anilines is 2. The summed E-state index contributed by atoms with van der Waals surface area (Å²) >= 11 is 0. The fraction of sp³-hybridized carbons (Fsp3) is 0.250. The second-order valence-corrected chi connectivity index (χ2v) is 8.45. The third-order valence-electron chi connectivity index (χ3n) is 6.01. The van der Waals surface area contributed by atoms with Crippen LogP contribution in [0.1, 0.15) is 16.7 Å². The number of nitrogens with one attached hydrogen (secondary N) is 1. The van der Waals surface area contributed by atoms with Crippen molar-refractivity contribution in [2.45, 2.75) is 6.42 Å². The molecule has 0 spiro atoms. The predicted octanol–water partition coefficient (Wildman–Crippen LogP) is 3.98. The number of carbonyl (C=O) groups excluding carboxylic acids is 1. The first-order chi connectivity index (χ1) is 16.6. The zero-order valence-electron chi connectivity index (χ0n) is 19.4.